The highest BCUT2D eigenvalue weighted by atomic mass is 16.5. The Labute approximate surface area is 177 Å². The lowest BCUT2D eigenvalue weighted by molar-refractivity contribution is 0.0494. The SMILES string of the molecule is Cc1nn(-c2ccccc2)nc1C(=O)OC/C(O)=C(\C#N)c1nc2ccccc2n1C. The molecule has 0 radical (unpaired) electrons. The molecule has 0 saturated heterocycles. The Kier molecular flexibility index (Phi) is 5.20. The summed E-state index contributed by atoms with van der Waals surface area (Å²) in [7, 11) is 1.74. The van der Waals surface area contributed by atoms with Crippen LogP contribution in [-0.4, -0.2) is 42.2 Å². The highest BCUT2D eigenvalue weighted by Crippen LogP contribution is 2.22. The van der Waals surface area contributed by atoms with Crippen molar-refractivity contribution >= 4 is 22.6 Å². The van der Waals surface area contributed by atoms with Crippen LogP contribution in [0.3, 0.4) is 0 Å². The van der Waals surface area contributed by atoms with Crippen LogP contribution in [0.1, 0.15) is 22.0 Å². The van der Waals surface area contributed by atoms with Gasteiger partial charge in [-0.25, -0.2) is 9.78 Å². The Morgan fingerprint density at radius 2 is 1.84 bits per heavy atom. The van der Waals surface area contributed by atoms with Crippen molar-refractivity contribution in [1.82, 2.24) is 24.5 Å². The van der Waals surface area contributed by atoms with Crippen molar-refractivity contribution in [1.29, 1.82) is 5.26 Å². The van der Waals surface area contributed by atoms with E-state index in [0.717, 1.165) is 5.52 Å². The Morgan fingerprint density at radius 1 is 1.13 bits per heavy atom. The van der Waals surface area contributed by atoms with Crippen LogP contribution in [-0.2, 0) is 11.8 Å². The van der Waals surface area contributed by atoms with E-state index >= 15 is 0 Å². The van der Waals surface area contributed by atoms with Gasteiger partial charge in [0.15, 0.2) is 17.3 Å². The number of aliphatic hydroxyl groups is 1. The fourth-order valence-electron chi connectivity index (χ4n) is 3.13. The lowest BCUT2D eigenvalue weighted by Gasteiger charge is -2.06. The Morgan fingerprint density at radius 3 is 2.55 bits per heavy atom. The Balaban J connectivity index is 1.56. The maximum Gasteiger partial charge on any atom is 0.361 e. The molecule has 4 rings (SSSR count). The van der Waals surface area contributed by atoms with Crippen molar-refractivity contribution < 1.29 is 14.6 Å². The zero-order chi connectivity index (χ0) is 22.0. The van der Waals surface area contributed by atoms with Crippen molar-refractivity contribution in [2.75, 3.05) is 6.61 Å². The molecule has 0 amide bonds. The number of aliphatic hydroxyl groups excluding tert-OH is 1. The molecule has 0 saturated carbocycles. The van der Waals surface area contributed by atoms with E-state index in [1.165, 1.54) is 4.80 Å². The van der Waals surface area contributed by atoms with Gasteiger partial charge in [0.2, 0.25) is 0 Å². The number of carbonyl (C=O) groups is 1. The molecule has 2 heterocycles. The van der Waals surface area contributed by atoms with E-state index in [1.54, 1.807) is 30.7 Å². The predicted octanol–water partition coefficient (Wildman–Crippen LogP) is 3.11. The fraction of sp³-hybridized carbons (Fsp3) is 0.136. The number of carbonyl (C=O) groups excluding carboxylic acids is 1. The fourth-order valence-corrected chi connectivity index (χ4v) is 3.13. The van der Waals surface area contributed by atoms with Crippen molar-refractivity contribution in [2.45, 2.75) is 6.92 Å². The Bertz CT molecular complexity index is 1340. The topological polar surface area (TPSA) is 119 Å². The average Bonchev–Trinajstić information content (AvgIpc) is 3.34. The van der Waals surface area contributed by atoms with Crippen LogP contribution in [0, 0.1) is 18.3 Å². The van der Waals surface area contributed by atoms with E-state index < -0.39 is 18.3 Å². The number of fused-ring (bicyclic) bond motifs is 1. The van der Waals surface area contributed by atoms with Crippen LogP contribution >= 0.6 is 0 Å². The van der Waals surface area contributed by atoms with Crippen LogP contribution < -0.4 is 0 Å². The Hall–Kier alpha value is -4.45. The van der Waals surface area contributed by atoms with Crippen molar-refractivity contribution in [2.24, 2.45) is 7.05 Å². The lowest BCUT2D eigenvalue weighted by Crippen LogP contribution is -2.12. The molecular formula is C22H18N6O3. The number of para-hydroxylation sites is 3. The molecule has 0 fully saturated rings. The summed E-state index contributed by atoms with van der Waals surface area (Å²) in [6.45, 7) is 1.14. The molecule has 31 heavy (non-hydrogen) atoms. The molecule has 2 aromatic carbocycles. The second-order valence-electron chi connectivity index (χ2n) is 6.75. The third kappa shape index (κ3) is 3.74. The molecule has 0 atom stereocenters. The summed E-state index contributed by atoms with van der Waals surface area (Å²) in [4.78, 5) is 18.2. The van der Waals surface area contributed by atoms with Gasteiger partial charge < -0.3 is 14.4 Å². The first-order chi connectivity index (χ1) is 15.0. The number of nitriles is 1. The lowest BCUT2D eigenvalue weighted by atomic mass is 10.2. The summed E-state index contributed by atoms with van der Waals surface area (Å²) < 4.78 is 6.88. The summed E-state index contributed by atoms with van der Waals surface area (Å²) in [6.07, 6.45) is 0. The second kappa shape index (κ2) is 8.12. The van der Waals surface area contributed by atoms with Gasteiger partial charge in [0.25, 0.3) is 0 Å². The minimum atomic E-state index is -0.756. The number of nitrogens with zero attached hydrogens (tertiary/aromatic N) is 6. The molecular weight excluding hydrogens is 396 g/mol. The monoisotopic (exact) mass is 414 g/mol. The number of imidazole rings is 1. The zero-order valence-corrected chi connectivity index (χ0v) is 16.9. The molecule has 9 nitrogen and oxygen atoms in total. The highest BCUT2D eigenvalue weighted by molar-refractivity contribution is 5.88. The first kappa shape index (κ1) is 19.8. The molecule has 0 aliphatic heterocycles. The molecule has 0 aliphatic carbocycles. The van der Waals surface area contributed by atoms with Gasteiger partial charge in [-0.15, -0.1) is 5.10 Å². The third-order valence-corrected chi connectivity index (χ3v) is 4.71. The van der Waals surface area contributed by atoms with Gasteiger partial charge in [0, 0.05) is 7.05 Å². The number of benzene rings is 2. The zero-order valence-electron chi connectivity index (χ0n) is 16.9. The number of aromatic nitrogens is 5. The largest absolute Gasteiger partial charge is 0.507 e. The van der Waals surface area contributed by atoms with Gasteiger partial charge in [0.05, 0.1) is 22.4 Å². The van der Waals surface area contributed by atoms with E-state index in [1.807, 2.05) is 48.5 Å². The number of ether oxygens (including phenoxy) is 1. The standard InChI is InChI=1S/C22H18N6O3/c1-14-20(26-28(25-14)15-8-4-3-5-9-15)22(30)31-13-19(29)16(12-23)21-24-17-10-6-7-11-18(17)27(21)2/h3-11,29H,13H2,1-2H3/b19-16-. The summed E-state index contributed by atoms with van der Waals surface area (Å²) in [5.41, 5.74) is 2.53. The number of aryl methyl sites for hydroxylation is 2. The quantitative estimate of drug-likeness (QED) is 0.303. The molecule has 9 heteroatoms. The number of allylic oxidation sites excluding steroid dienone is 1. The van der Waals surface area contributed by atoms with E-state index in [0.29, 0.717) is 16.9 Å². The molecule has 0 bridgehead atoms. The molecule has 1 N–H and O–H groups in total. The number of hydrogen-bond donors (Lipinski definition) is 1. The van der Waals surface area contributed by atoms with Gasteiger partial charge in [-0.05, 0) is 31.2 Å². The molecule has 154 valence electrons. The van der Waals surface area contributed by atoms with Crippen LogP contribution in [0.15, 0.2) is 60.4 Å². The molecule has 0 unspecified atom stereocenters. The number of hydrogen-bond acceptors (Lipinski definition) is 7. The maximum absolute atomic E-state index is 12.5. The van der Waals surface area contributed by atoms with E-state index in [4.69, 9.17) is 4.74 Å². The minimum absolute atomic E-state index is 0.0258. The van der Waals surface area contributed by atoms with Crippen molar-refractivity contribution in [3.05, 3.63) is 77.6 Å². The van der Waals surface area contributed by atoms with Gasteiger partial charge in [0.1, 0.15) is 18.2 Å². The van der Waals surface area contributed by atoms with Crippen LogP contribution in [0.2, 0.25) is 0 Å². The normalized spacial score (nSPS) is 11.8. The molecule has 2 aromatic heterocycles. The smallest absolute Gasteiger partial charge is 0.361 e. The minimum Gasteiger partial charge on any atom is -0.507 e. The summed E-state index contributed by atoms with van der Waals surface area (Å²) >= 11 is 0. The van der Waals surface area contributed by atoms with Crippen LogP contribution in [0.4, 0.5) is 0 Å². The maximum atomic E-state index is 12.5. The third-order valence-electron chi connectivity index (χ3n) is 4.71. The van der Waals surface area contributed by atoms with Crippen LogP contribution in [0.25, 0.3) is 22.3 Å². The van der Waals surface area contributed by atoms with Crippen LogP contribution in [0.5, 0.6) is 0 Å². The van der Waals surface area contributed by atoms with Crippen molar-refractivity contribution in [3.63, 3.8) is 0 Å². The first-order valence-electron chi connectivity index (χ1n) is 9.40. The summed E-state index contributed by atoms with van der Waals surface area (Å²) in [5.74, 6) is -0.876. The second-order valence-corrected chi connectivity index (χ2v) is 6.75. The van der Waals surface area contributed by atoms with Gasteiger partial charge >= 0.3 is 5.97 Å². The predicted molar refractivity (Wildman–Crippen MR) is 112 cm³/mol. The average molecular weight is 414 g/mol. The number of esters is 1. The van der Waals surface area contributed by atoms with E-state index in [9.17, 15) is 15.2 Å². The van der Waals surface area contributed by atoms with E-state index in [-0.39, 0.29) is 17.1 Å². The molecule has 4 aromatic rings. The number of rotatable bonds is 5. The highest BCUT2D eigenvalue weighted by Gasteiger charge is 2.21. The van der Waals surface area contributed by atoms with Gasteiger partial charge in [-0.3, -0.25) is 0 Å². The van der Waals surface area contributed by atoms with Gasteiger partial charge in [-0.2, -0.15) is 15.2 Å². The van der Waals surface area contributed by atoms with E-state index in [2.05, 4.69) is 15.2 Å². The summed E-state index contributed by atoms with van der Waals surface area (Å²) in [6, 6.07) is 18.4. The summed E-state index contributed by atoms with van der Waals surface area (Å²) in [5, 5.41) is 28.4. The molecule has 0 spiro atoms. The molecule has 0 aliphatic rings. The van der Waals surface area contributed by atoms with Gasteiger partial charge in [-0.1, -0.05) is 30.3 Å². The van der Waals surface area contributed by atoms with Crippen molar-refractivity contribution in [3.8, 4) is 11.8 Å². The first-order valence-corrected chi connectivity index (χ1v) is 9.40.